The van der Waals surface area contributed by atoms with E-state index in [0.29, 0.717) is 24.9 Å². The molecule has 0 N–H and O–H groups in total. The molecule has 2 aromatic rings. The predicted octanol–water partition coefficient (Wildman–Crippen LogP) is 1.05. The Kier molecular flexibility index (Phi) is 4.21. The zero-order valence-electron chi connectivity index (χ0n) is 13.5. The van der Waals surface area contributed by atoms with E-state index in [0.717, 1.165) is 24.7 Å². The van der Waals surface area contributed by atoms with Gasteiger partial charge in [-0.15, -0.1) is 0 Å². The topological polar surface area (TPSA) is 82.1 Å². The van der Waals surface area contributed by atoms with Crippen LogP contribution in [0.4, 0.5) is 0 Å². The Bertz CT molecular complexity index is 637. The second-order valence-electron chi connectivity index (χ2n) is 5.73. The van der Waals surface area contributed by atoms with E-state index in [1.54, 1.807) is 0 Å². The Balaban J connectivity index is 1.65. The number of hydrogen-bond acceptors (Lipinski definition) is 7. The van der Waals surface area contributed by atoms with Gasteiger partial charge >= 0.3 is 0 Å². The van der Waals surface area contributed by atoms with Crippen LogP contribution >= 0.6 is 0 Å². The van der Waals surface area contributed by atoms with Crippen LogP contribution in [0.3, 0.4) is 0 Å². The first-order valence-corrected chi connectivity index (χ1v) is 7.57. The molecular formula is C14H22N6O2. The van der Waals surface area contributed by atoms with Gasteiger partial charge in [0.1, 0.15) is 11.6 Å². The fourth-order valence-electron chi connectivity index (χ4n) is 2.77. The zero-order valence-corrected chi connectivity index (χ0v) is 13.5. The highest BCUT2D eigenvalue weighted by molar-refractivity contribution is 4.93. The molecule has 1 aliphatic heterocycles. The lowest BCUT2D eigenvalue weighted by molar-refractivity contribution is -0.0535. The molecule has 0 amide bonds. The van der Waals surface area contributed by atoms with Crippen molar-refractivity contribution in [2.75, 3.05) is 19.7 Å². The smallest absolute Gasteiger partial charge is 0.243 e. The Morgan fingerprint density at radius 3 is 2.68 bits per heavy atom. The van der Waals surface area contributed by atoms with Crippen molar-refractivity contribution >= 4 is 0 Å². The van der Waals surface area contributed by atoms with Crippen LogP contribution in [0.15, 0.2) is 4.52 Å². The van der Waals surface area contributed by atoms with Crippen molar-refractivity contribution in [3.8, 4) is 0 Å². The van der Waals surface area contributed by atoms with E-state index in [1.807, 2.05) is 25.5 Å². The fourth-order valence-corrected chi connectivity index (χ4v) is 2.77. The van der Waals surface area contributed by atoms with Crippen molar-refractivity contribution in [1.82, 2.24) is 29.8 Å². The molecule has 22 heavy (non-hydrogen) atoms. The summed E-state index contributed by atoms with van der Waals surface area (Å²) in [4.78, 5) is 11.0. The average Bonchev–Trinajstić information content (AvgIpc) is 3.05. The third kappa shape index (κ3) is 3.17. The fraction of sp³-hybridized carbons (Fsp3) is 0.714. The SMILES string of the molecule is Cc1noc([C@H](C)N2CCO[C@@H](Cn3nc(C)nc3C)C2)n1. The lowest BCUT2D eigenvalue weighted by atomic mass is 10.2. The van der Waals surface area contributed by atoms with Crippen molar-refractivity contribution in [3.05, 3.63) is 23.4 Å². The highest BCUT2D eigenvalue weighted by Crippen LogP contribution is 2.21. The third-order valence-electron chi connectivity index (χ3n) is 3.96. The van der Waals surface area contributed by atoms with Crippen molar-refractivity contribution < 1.29 is 9.26 Å². The van der Waals surface area contributed by atoms with Gasteiger partial charge in [0.05, 0.1) is 25.3 Å². The third-order valence-corrected chi connectivity index (χ3v) is 3.96. The summed E-state index contributed by atoms with van der Waals surface area (Å²) in [6.07, 6.45) is 0.0834. The van der Waals surface area contributed by atoms with E-state index in [2.05, 4.69) is 32.0 Å². The van der Waals surface area contributed by atoms with Gasteiger partial charge in [0, 0.05) is 13.1 Å². The molecule has 0 bridgehead atoms. The van der Waals surface area contributed by atoms with Gasteiger partial charge in [0.25, 0.3) is 0 Å². The molecule has 3 rings (SSSR count). The van der Waals surface area contributed by atoms with Crippen molar-refractivity contribution in [2.45, 2.75) is 46.4 Å². The summed E-state index contributed by atoms with van der Waals surface area (Å²) in [6, 6.07) is 0.0891. The Labute approximate surface area is 129 Å². The number of hydrogen-bond donors (Lipinski definition) is 0. The maximum absolute atomic E-state index is 5.87. The summed E-state index contributed by atoms with van der Waals surface area (Å²) in [6.45, 7) is 10.8. The first-order chi connectivity index (χ1) is 10.5. The van der Waals surface area contributed by atoms with Crippen LogP contribution in [0.2, 0.25) is 0 Å². The summed E-state index contributed by atoms with van der Waals surface area (Å²) in [5.41, 5.74) is 0. The van der Waals surface area contributed by atoms with Gasteiger partial charge in [-0.2, -0.15) is 10.1 Å². The highest BCUT2D eigenvalue weighted by atomic mass is 16.5. The van der Waals surface area contributed by atoms with Crippen LogP contribution in [-0.4, -0.2) is 55.6 Å². The minimum atomic E-state index is 0.0834. The predicted molar refractivity (Wildman–Crippen MR) is 78.3 cm³/mol. The second-order valence-corrected chi connectivity index (χ2v) is 5.73. The normalized spacial score (nSPS) is 21.2. The molecule has 0 aliphatic carbocycles. The summed E-state index contributed by atoms with van der Waals surface area (Å²) in [5.74, 6) is 3.03. The lowest BCUT2D eigenvalue weighted by Gasteiger charge is -2.35. The van der Waals surface area contributed by atoms with Gasteiger partial charge < -0.3 is 9.26 Å². The van der Waals surface area contributed by atoms with Gasteiger partial charge in [-0.1, -0.05) is 5.16 Å². The minimum absolute atomic E-state index is 0.0834. The van der Waals surface area contributed by atoms with Crippen LogP contribution in [0.1, 0.15) is 36.3 Å². The molecule has 3 heterocycles. The van der Waals surface area contributed by atoms with Gasteiger partial charge in [-0.25, -0.2) is 9.67 Å². The molecule has 1 saturated heterocycles. The molecule has 0 unspecified atom stereocenters. The second kappa shape index (κ2) is 6.13. The molecule has 0 aromatic carbocycles. The number of aromatic nitrogens is 5. The molecule has 120 valence electrons. The van der Waals surface area contributed by atoms with Crippen LogP contribution < -0.4 is 0 Å². The van der Waals surface area contributed by atoms with Crippen molar-refractivity contribution in [1.29, 1.82) is 0 Å². The molecule has 0 spiro atoms. The minimum Gasteiger partial charge on any atom is -0.374 e. The monoisotopic (exact) mass is 306 g/mol. The summed E-state index contributed by atoms with van der Waals surface area (Å²) >= 11 is 0. The first-order valence-electron chi connectivity index (χ1n) is 7.57. The summed E-state index contributed by atoms with van der Waals surface area (Å²) < 4.78 is 13.1. The average molecular weight is 306 g/mol. The molecule has 8 nitrogen and oxygen atoms in total. The van der Waals surface area contributed by atoms with Crippen LogP contribution in [-0.2, 0) is 11.3 Å². The quantitative estimate of drug-likeness (QED) is 0.835. The Morgan fingerprint density at radius 2 is 2.05 bits per heavy atom. The number of ether oxygens (including phenoxy) is 1. The van der Waals surface area contributed by atoms with E-state index < -0.39 is 0 Å². The van der Waals surface area contributed by atoms with E-state index in [9.17, 15) is 0 Å². The van der Waals surface area contributed by atoms with Crippen LogP contribution in [0.25, 0.3) is 0 Å². The summed E-state index contributed by atoms with van der Waals surface area (Å²) in [7, 11) is 0. The van der Waals surface area contributed by atoms with E-state index >= 15 is 0 Å². The van der Waals surface area contributed by atoms with E-state index in [4.69, 9.17) is 9.26 Å². The molecule has 2 atom stereocenters. The Morgan fingerprint density at radius 1 is 1.23 bits per heavy atom. The lowest BCUT2D eigenvalue weighted by Crippen LogP contribution is -2.45. The Hall–Kier alpha value is -1.80. The molecule has 1 fully saturated rings. The first kappa shape index (κ1) is 15.1. The maximum Gasteiger partial charge on any atom is 0.243 e. The maximum atomic E-state index is 5.87. The van der Waals surface area contributed by atoms with Gasteiger partial charge in [-0.05, 0) is 27.7 Å². The number of morpholine rings is 1. The summed E-state index contributed by atoms with van der Waals surface area (Å²) in [5, 5.41) is 8.27. The number of rotatable bonds is 4. The standard InChI is InChI=1S/C14H22N6O2/c1-9(14-16-11(3)18-22-14)19-5-6-21-13(7-19)8-20-12(4)15-10(2)17-20/h9,13H,5-8H2,1-4H3/t9-,13+/m0/s1. The molecule has 1 aliphatic rings. The molecule has 0 radical (unpaired) electrons. The van der Waals surface area contributed by atoms with Crippen molar-refractivity contribution in [3.63, 3.8) is 0 Å². The van der Waals surface area contributed by atoms with Gasteiger partial charge in [0.2, 0.25) is 5.89 Å². The molecule has 2 aromatic heterocycles. The number of nitrogens with zero attached hydrogens (tertiary/aromatic N) is 6. The van der Waals surface area contributed by atoms with E-state index in [1.165, 1.54) is 0 Å². The molecule has 8 heteroatoms. The molecular weight excluding hydrogens is 284 g/mol. The zero-order chi connectivity index (χ0) is 15.7. The highest BCUT2D eigenvalue weighted by Gasteiger charge is 2.28. The van der Waals surface area contributed by atoms with Crippen molar-refractivity contribution in [2.24, 2.45) is 0 Å². The largest absolute Gasteiger partial charge is 0.374 e. The van der Waals surface area contributed by atoms with Gasteiger partial charge in [0.15, 0.2) is 5.82 Å². The van der Waals surface area contributed by atoms with Crippen LogP contribution in [0.5, 0.6) is 0 Å². The van der Waals surface area contributed by atoms with E-state index in [-0.39, 0.29) is 12.1 Å². The van der Waals surface area contributed by atoms with Gasteiger partial charge in [-0.3, -0.25) is 4.90 Å². The van der Waals surface area contributed by atoms with Crippen LogP contribution in [0, 0.1) is 20.8 Å². The molecule has 0 saturated carbocycles. The number of aryl methyl sites for hydroxylation is 3.